The molecule has 0 aliphatic rings. The fraction of sp³-hybridized carbons (Fsp3) is 0.211. The SMILES string of the molecule is CC[C@@H](C(=O)OC)n1nc(-c2cccc3ccccc23)ccc1=O. The molecule has 24 heavy (non-hydrogen) atoms. The molecular weight excluding hydrogens is 304 g/mol. The van der Waals surface area contributed by atoms with Gasteiger partial charge in [0.1, 0.15) is 0 Å². The van der Waals surface area contributed by atoms with Crippen molar-refractivity contribution in [2.75, 3.05) is 7.11 Å². The van der Waals surface area contributed by atoms with Crippen LogP contribution in [0.2, 0.25) is 0 Å². The Kier molecular flexibility index (Phi) is 4.42. The second kappa shape index (κ2) is 6.66. The van der Waals surface area contributed by atoms with Crippen LogP contribution >= 0.6 is 0 Å². The maximum Gasteiger partial charge on any atom is 0.330 e. The van der Waals surface area contributed by atoms with Crippen LogP contribution in [0, 0.1) is 0 Å². The van der Waals surface area contributed by atoms with Crippen LogP contribution in [0.5, 0.6) is 0 Å². The van der Waals surface area contributed by atoms with E-state index < -0.39 is 12.0 Å². The van der Waals surface area contributed by atoms with E-state index in [0.717, 1.165) is 16.3 Å². The summed E-state index contributed by atoms with van der Waals surface area (Å²) in [6.45, 7) is 1.82. The van der Waals surface area contributed by atoms with Crippen molar-refractivity contribution < 1.29 is 9.53 Å². The third-order valence-corrected chi connectivity index (χ3v) is 4.05. The number of carbonyl (C=O) groups is 1. The molecule has 122 valence electrons. The molecule has 1 aromatic heterocycles. The van der Waals surface area contributed by atoms with Crippen LogP contribution in [-0.4, -0.2) is 22.9 Å². The van der Waals surface area contributed by atoms with Gasteiger partial charge in [0.05, 0.1) is 12.8 Å². The van der Waals surface area contributed by atoms with Gasteiger partial charge in [0, 0.05) is 11.6 Å². The molecule has 0 saturated heterocycles. The highest BCUT2D eigenvalue weighted by Gasteiger charge is 2.22. The Morgan fingerprint density at radius 3 is 2.62 bits per heavy atom. The quantitative estimate of drug-likeness (QED) is 0.692. The summed E-state index contributed by atoms with van der Waals surface area (Å²) in [6.07, 6.45) is 0.429. The van der Waals surface area contributed by atoms with Gasteiger partial charge in [-0.1, -0.05) is 49.4 Å². The largest absolute Gasteiger partial charge is 0.467 e. The first-order valence-electron chi connectivity index (χ1n) is 7.81. The van der Waals surface area contributed by atoms with E-state index in [1.54, 1.807) is 6.07 Å². The predicted octanol–water partition coefficient (Wildman–Crippen LogP) is 3.19. The fourth-order valence-electron chi connectivity index (χ4n) is 2.82. The fourth-order valence-corrected chi connectivity index (χ4v) is 2.82. The standard InChI is InChI=1S/C19H18N2O3/c1-3-17(19(23)24-2)21-18(22)12-11-16(20-21)15-10-6-8-13-7-4-5-9-14(13)15/h4-12,17H,3H2,1-2H3/t17-/m0/s1. The molecule has 0 aliphatic carbocycles. The highest BCUT2D eigenvalue weighted by Crippen LogP contribution is 2.26. The van der Waals surface area contributed by atoms with Crippen LogP contribution in [0.4, 0.5) is 0 Å². The van der Waals surface area contributed by atoms with E-state index in [2.05, 4.69) is 5.10 Å². The molecule has 0 N–H and O–H groups in total. The number of ether oxygens (including phenoxy) is 1. The summed E-state index contributed by atoms with van der Waals surface area (Å²) >= 11 is 0. The summed E-state index contributed by atoms with van der Waals surface area (Å²) in [6, 6.07) is 16.3. The first-order chi connectivity index (χ1) is 11.7. The monoisotopic (exact) mass is 322 g/mol. The number of hydrogen-bond acceptors (Lipinski definition) is 4. The van der Waals surface area contributed by atoms with Gasteiger partial charge < -0.3 is 4.74 Å². The third kappa shape index (κ3) is 2.80. The van der Waals surface area contributed by atoms with E-state index in [1.165, 1.54) is 17.9 Å². The second-order valence-corrected chi connectivity index (χ2v) is 5.48. The number of aromatic nitrogens is 2. The lowest BCUT2D eigenvalue weighted by Gasteiger charge is -2.15. The molecule has 2 aromatic carbocycles. The van der Waals surface area contributed by atoms with E-state index in [1.807, 2.05) is 49.4 Å². The summed E-state index contributed by atoms with van der Waals surface area (Å²) in [5.74, 6) is -0.470. The Balaban J connectivity index is 2.18. The van der Waals surface area contributed by atoms with Crippen molar-refractivity contribution in [2.24, 2.45) is 0 Å². The minimum absolute atomic E-state index is 0.323. The van der Waals surface area contributed by atoms with Crippen LogP contribution in [0.1, 0.15) is 19.4 Å². The summed E-state index contributed by atoms with van der Waals surface area (Å²) in [5.41, 5.74) is 1.24. The van der Waals surface area contributed by atoms with Crippen molar-refractivity contribution in [1.82, 2.24) is 9.78 Å². The van der Waals surface area contributed by atoms with Crippen LogP contribution in [0.25, 0.3) is 22.0 Å². The maximum absolute atomic E-state index is 12.2. The lowest BCUT2D eigenvalue weighted by Crippen LogP contribution is -2.32. The average molecular weight is 322 g/mol. The number of fused-ring (bicyclic) bond motifs is 1. The van der Waals surface area contributed by atoms with Gasteiger partial charge in [-0.15, -0.1) is 0 Å². The molecule has 0 amide bonds. The average Bonchev–Trinajstić information content (AvgIpc) is 2.63. The molecule has 1 atom stereocenters. The lowest BCUT2D eigenvalue weighted by molar-refractivity contribution is -0.145. The molecule has 0 radical (unpaired) electrons. The van der Waals surface area contributed by atoms with Gasteiger partial charge in [-0.25, -0.2) is 9.48 Å². The molecule has 0 spiro atoms. The van der Waals surface area contributed by atoms with Crippen molar-refractivity contribution >= 4 is 16.7 Å². The van der Waals surface area contributed by atoms with Crippen LogP contribution in [-0.2, 0) is 9.53 Å². The summed E-state index contributed by atoms with van der Waals surface area (Å²) in [4.78, 5) is 24.1. The van der Waals surface area contributed by atoms with E-state index in [0.29, 0.717) is 12.1 Å². The molecule has 5 heteroatoms. The zero-order chi connectivity index (χ0) is 17.1. The molecule has 0 unspecified atom stereocenters. The second-order valence-electron chi connectivity index (χ2n) is 5.48. The molecule has 0 bridgehead atoms. The molecule has 0 fully saturated rings. The molecular formula is C19H18N2O3. The summed E-state index contributed by atoms with van der Waals surface area (Å²) < 4.78 is 6.00. The first kappa shape index (κ1) is 15.9. The van der Waals surface area contributed by atoms with Crippen LogP contribution < -0.4 is 5.56 Å². The molecule has 3 rings (SSSR count). The number of rotatable bonds is 4. The molecule has 3 aromatic rings. The maximum atomic E-state index is 12.2. The van der Waals surface area contributed by atoms with Gasteiger partial charge in [-0.05, 0) is 23.3 Å². The number of nitrogens with zero attached hydrogens (tertiary/aromatic N) is 2. The molecule has 5 nitrogen and oxygen atoms in total. The van der Waals surface area contributed by atoms with E-state index in [9.17, 15) is 9.59 Å². The van der Waals surface area contributed by atoms with Crippen molar-refractivity contribution in [1.29, 1.82) is 0 Å². The van der Waals surface area contributed by atoms with Crippen molar-refractivity contribution in [3.8, 4) is 11.3 Å². The molecule has 0 aliphatic heterocycles. The Morgan fingerprint density at radius 1 is 1.12 bits per heavy atom. The summed E-state index contributed by atoms with van der Waals surface area (Å²) in [7, 11) is 1.31. The number of methoxy groups -OCH3 is 1. The van der Waals surface area contributed by atoms with Crippen molar-refractivity contribution in [3.63, 3.8) is 0 Å². The third-order valence-electron chi connectivity index (χ3n) is 4.05. The number of hydrogen-bond donors (Lipinski definition) is 0. The zero-order valence-corrected chi connectivity index (χ0v) is 13.6. The summed E-state index contributed by atoms with van der Waals surface area (Å²) in [5, 5.41) is 6.57. The van der Waals surface area contributed by atoms with Gasteiger partial charge in [0.2, 0.25) is 0 Å². The minimum atomic E-state index is -0.725. The minimum Gasteiger partial charge on any atom is -0.467 e. The number of esters is 1. The highest BCUT2D eigenvalue weighted by atomic mass is 16.5. The van der Waals surface area contributed by atoms with Crippen LogP contribution in [0.3, 0.4) is 0 Å². The Morgan fingerprint density at radius 2 is 1.88 bits per heavy atom. The van der Waals surface area contributed by atoms with Gasteiger partial charge in [0.25, 0.3) is 5.56 Å². The zero-order valence-electron chi connectivity index (χ0n) is 13.6. The van der Waals surface area contributed by atoms with E-state index >= 15 is 0 Å². The molecule has 0 saturated carbocycles. The highest BCUT2D eigenvalue weighted by molar-refractivity contribution is 5.95. The number of benzene rings is 2. The smallest absolute Gasteiger partial charge is 0.330 e. The predicted molar refractivity (Wildman–Crippen MR) is 92.8 cm³/mol. The topological polar surface area (TPSA) is 61.2 Å². The lowest BCUT2D eigenvalue weighted by atomic mass is 10.0. The first-order valence-corrected chi connectivity index (χ1v) is 7.81. The Bertz CT molecular complexity index is 941. The Hall–Kier alpha value is -2.95. The van der Waals surface area contributed by atoms with E-state index in [-0.39, 0.29) is 5.56 Å². The normalized spacial score (nSPS) is 12.1. The van der Waals surface area contributed by atoms with Gasteiger partial charge >= 0.3 is 5.97 Å². The molecule has 1 heterocycles. The van der Waals surface area contributed by atoms with Gasteiger partial charge in [0.15, 0.2) is 6.04 Å². The van der Waals surface area contributed by atoms with Crippen LogP contribution in [0.15, 0.2) is 59.4 Å². The van der Waals surface area contributed by atoms with Crippen molar-refractivity contribution in [3.05, 3.63) is 65.0 Å². The van der Waals surface area contributed by atoms with Gasteiger partial charge in [-0.3, -0.25) is 4.79 Å². The van der Waals surface area contributed by atoms with E-state index in [4.69, 9.17) is 4.74 Å². The number of carbonyl (C=O) groups excluding carboxylic acids is 1. The van der Waals surface area contributed by atoms with Crippen molar-refractivity contribution in [2.45, 2.75) is 19.4 Å². The Labute approximate surface area is 139 Å². The van der Waals surface area contributed by atoms with Gasteiger partial charge in [-0.2, -0.15) is 5.10 Å².